The number of sulfonamides is 1. The summed E-state index contributed by atoms with van der Waals surface area (Å²) in [5.74, 6) is 0.0955. The predicted octanol–water partition coefficient (Wildman–Crippen LogP) is 3.80. The minimum atomic E-state index is -3.74. The van der Waals surface area contributed by atoms with Crippen LogP contribution in [0.3, 0.4) is 0 Å². The van der Waals surface area contributed by atoms with E-state index in [1.165, 1.54) is 12.1 Å². The lowest BCUT2D eigenvalue weighted by atomic mass is 9.95. The highest BCUT2D eigenvalue weighted by Crippen LogP contribution is 2.28. The molecule has 0 saturated heterocycles. The second-order valence-electron chi connectivity index (χ2n) is 8.41. The molecule has 1 heterocycles. The van der Waals surface area contributed by atoms with Crippen LogP contribution in [0, 0.1) is 17.2 Å². The van der Waals surface area contributed by atoms with Crippen LogP contribution in [0.2, 0.25) is 0 Å². The highest BCUT2D eigenvalue weighted by molar-refractivity contribution is 7.89. The third kappa shape index (κ3) is 6.74. The van der Waals surface area contributed by atoms with Crippen molar-refractivity contribution in [2.24, 2.45) is 11.1 Å². The van der Waals surface area contributed by atoms with E-state index in [0.29, 0.717) is 6.42 Å². The number of thiophene rings is 1. The molecular formula is C25H28N4O3S2. The number of nitriles is 1. The predicted molar refractivity (Wildman–Crippen MR) is 134 cm³/mol. The summed E-state index contributed by atoms with van der Waals surface area (Å²) in [6, 6.07) is 17.7. The van der Waals surface area contributed by atoms with Crippen LogP contribution in [0.4, 0.5) is 0 Å². The van der Waals surface area contributed by atoms with E-state index in [0.717, 1.165) is 22.3 Å². The van der Waals surface area contributed by atoms with Crippen LogP contribution in [0.25, 0.3) is 11.1 Å². The average molecular weight is 497 g/mol. The van der Waals surface area contributed by atoms with E-state index in [1.54, 1.807) is 23.5 Å². The molecule has 0 saturated carbocycles. The Morgan fingerprint density at radius 1 is 1.03 bits per heavy atom. The lowest BCUT2D eigenvalue weighted by molar-refractivity contribution is -0.123. The van der Waals surface area contributed by atoms with Gasteiger partial charge in [-0.3, -0.25) is 10.1 Å². The molecule has 0 bridgehead atoms. The SMILES string of the molecule is CC(C)C[C@H](NC(c1ccc(-c2ccc(S(N)(=O)=O)cc2)cc1)c1ccsc1)C(=O)NCC#N. The van der Waals surface area contributed by atoms with Crippen LogP contribution in [-0.2, 0) is 14.8 Å². The summed E-state index contributed by atoms with van der Waals surface area (Å²) in [5.41, 5.74) is 3.84. The maximum atomic E-state index is 12.7. The Morgan fingerprint density at radius 3 is 2.15 bits per heavy atom. The van der Waals surface area contributed by atoms with Crippen molar-refractivity contribution < 1.29 is 13.2 Å². The average Bonchev–Trinajstić information content (AvgIpc) is 3.34. The van der Waals surface area contributed by atoms with Crippen LogP contribution in [0.5, 0.6) is 0 Å². The highest BCUT2D eigenvalue weighted by atomic mass is 32.2. The summed E-state index contributed by atoms with van der Waals surface area (Å²) in [6.07, 6.45) is 0.631. The molecule has 9 heteroatoms. The number of benzene rings is 2. The molecule has 0 aliphatic carbocycles. The first-order valence-corrected chi connectivity index (χ1v) is 13.3. The van der Waals surface area contributed by atoms with E-state index in [-0.39, 0.29) is 29.3 Å². The van der Waals surface area contributed by atoms with E-state index >= 15 is 0 Å². The van der Waals surface area contributed by atoms with E-state index < -0.39 is 16.1 Å². The monoisotopic (exact) mass is 496 g/mol. The van der Waals surface area contributed by atoms with Crippen LogP contribution < -0.4 is 15.8 Å². The summed E-state index contributed by atoms with van der Waals surface area (Å²) < 4.78 is 23.0. The van der Waals surface area contributed by atoms with Crippen molar-refractivity contribution in [2.45, 2.75) is 37.2 Å². The molecule has 0 aliphatic rings. The molecule has 1 amide bonds. The third-order valence-corrected chi connectivity index (χ3v) is 7.00. The quantitative estimate of drug-likeness (QED) is 0.368. The van der Waals surface area contributed by atoms with Gasteiger partial charge in [-0.2, -0.15) is 16.6 Å². The molecule has 0 radical (unpaired) electrons. The summed E-state index contributed by atoms with van der Waals surface area (Å²) in [5, 5.41) is 24.3. The fraction of sp³-hybridized carbons (Fsp3) is 0.280. The minimum Gasteiger partial charge on any atom is -0.342 e. The van der Waals surface area contributed by atoms with Crippen molar-refractivity contribution in [1.82, 2.24) is 10.6 Å². The zero-order valence-corrected chi connectivity index (χ0v) is 20.7. The van der Waals surface area contributed by atoms with E-state index in [2.05, 4.69) is 29.9 Å². The summed E-state index contributed by atoms with van der Waals surface area (Å²) in [6.45, 7) is 4.08. The Bertz CT molecular complexity index is 1230. The first-order valence-electron chi connectivity index (χ1n) is 10.8. The molecule has 0 spiro atoms. The smallest absolute Gasteiger partial charge is 0.238 e. The maximum absolute atomic E-state index is 12.7. The van der Waals surface area contributed by atoms with Gasteiger partial charge in [-0.1, -0.05) is 50.2 Å². The molecule has 34 heavy (non-hydrogen) atoms. The number of amides is 1. The van der Waals surface area contributed by atoms with Gasteiger partial charge in [0, 0.05) is 0 Å². The second-order valence-corrected chi connectivity index (χ2v) is 10.7. The number of hydrogen-bond acceptors (Lipinski definition) is 6. The topological polar surface area (TPSA) is 125 Å². The van der Waals surface area contributed by atoms with Crippen molar-refractivity contribution in [3.8, 4) is 17.2 Å². The first kappa shape index (κ1) is 25.6. The van der Waals surface area contributed by atoms with Gasteiger partial charge in [-0.15, -0.1) is 0 Å². The number of rotatable bonds is 10. The lowest BCUT2D eigenvalue weighted by Gasteiger charge is -2.26. The Kier molecular flexibility index (Phi) is 8.58. The van der Waals surface area contributed by atoms with Gasteiger partial charge < -0.3 is 5.32 Å². The Labute approximate surface area is 204 Å². The normalized spacial score (nSPS) is 13.3. The third-order valence-electron chi connectivity index (χ3n) is 5.37. The van der Waals surface area contributed by atoms with Gasteiger partial charge in [0.05, 0.1) is 23.0 Å². The molecule has 7 nitrogen and oxygen atoms in total. The number of carbonyl (C=O) groups excluding carboxylic acids is 1. The number of hydrogen-bond donors (Lipinski definition) is 3. The molecule has 3 rings (SSSR count). The number of primary sulfonamides is 1. The fourth-order valence-corrected chi connectivity index (χ4v) is 4.90. The zero-order valence-electron chi connectivity index (χ0n) is 19.1. The van der Waals surface area contributed by atoms with Crippen LogP contribution in [-0.4, -0.2) is 26.9 Å². The largest absolute Gasteiger partial charge is 0.342 e. The molecule has 0 fully saturated rings. The number of nitrogens with two attached hydrogens (primary N) is 1. The van der Waals surface area contributed by atoms with Gasteiger partial charge in [0.15, 0.2) is 0 Å². The maximum Gasteiger partial charge on any atom is 0.238 e. The van der Waals surface area contributed by atoms with Gasteiger partial charge in [0.2, 0.25) is 15.9 Å². The van der Waals surface area contributed by atoms with Crippen molar-refractivity contribution in [1.29, 1.82) is 5.26 Å². The molecule has 1 aromatic heterocycles. The molecule has 3 aromatic rings. The second kappa shape index (κ2) is 11.4. The molecule has 0 aliphatic heterocycles. The van der Waals surface area contributed by atoms with E-state index in [9.17, 15) is 13.2 Å². The minimum absolute atomic E-state index is 0.0306. The standard InChI is InChI=1S/C25H28N4O3S2/c1-17(2)15-23(25(30)28-13-12-26)29-24(21-11-14-33-16-21)20-5-3-18(4-6-20)19-7-9-22(10-8-19)34(27,31)32/h3-11,14,16-17,23-24,29H,13,15H2,1-2H3,(H,28,30)(H2,27,31,32)/t23-,24?/m0/s1. The van der Waals surface area contributed by atoms with Crippen molar-refractivity contribution in [3.63, 3.8) is 0 Å². The summed E-state index contributed by atoms with van der Waals surface area (Å²) in [4.78, 5) is 12.8. The summed E-state index contributed by atoms with van der Waals surface area (Å²) in [7, 11) is -3.74. The van der Waals surface area contributed by atoms with Gasteiger partial charge in [0.25, 0.3) is 0 Å². The molecule has 4 N–H and O–H groups in total. The molecule has 2 atom stereocenters. The van der Waals surface area contributed by atoms with E-state index in [1.807, 2.05) is 41.8 Å². The number of nitrogens with zero attached hydrogens (tertiary/aromatic N) is 1. The van der Waals surface area contributed by atoms with E-state index in [4.69, 9.17) is 10.4 Å². The van der Waals surface area contributed by atoms with Crippen LogP contribution in [0.15, 0.2) is 70.3 Å². The van der Waals surface area contributed by atoms with Gasteiger partial charge in [-0.25, -0.2) is 13.6 Å². The summed E-state index contributed by atoms with van der Waals surface area (Å²) >= 11 is 1.59. The van der Waals surface area contributed by atoms with Crippen molar-refractivity contribution in [2.75, 3.05) is 6.54 Å². The molecule has 2 aromatic carbocycles. The van der Waals surface area contributed by atoms with Gasteiger partial charge in [-0.05, 0) is 63.6 Å². The number of nitrogens with one attached hydrogen (secondary N) is 2. The van der Waals surface area contributed by atoms with Crippen molar-refractivity contribution in [3.05, 3.63) is 76.5 Å². The molecule has 1 unspecified atom stereocenters. The van der Waals surface area contributed by atoms with Gasteiger partial charge in [0.1, 0.15) is 6.54 Å². The number of carbonyl (C=O) groups is 1. The molecule has 178 valence electrons. The van der Waals surface area contributed by atoms with Gasteiger partial charge >= 0.3 is 0 Å². The van der Waals surface area contributed by atoms with Crippen molar-refractivity contribution >= 4 is 27.3 Å². The first-order chi connectivity index (χ1) is 16.2. The fourth-order valence-electron chi connectivity index (χ4n) is 3.70. The lowest BCUT2D eigenvalue weighted by Crippen LogP contribution is -2.46. The molecular weight excluding hydrogens is 468 g/mol. The Hall–Kier alpha value is -3.03. The Balaban J connectivity index is 1.88. The Morgan fingerprint density at radius 2 is 1.65 bits per heavy atom. The zero-order chi connectivity index (χ0) is 24.7. The van der Waals surface area contributed by atoms with Crippen LogP contribution in [0.1, 0.15) is 37.4 Å². The highest BCUT2D eigenvalue weighted by Gasteiger charge is 2.25. The van der Waals surface area contributed by atoms with Crippen LogP contribution >= 0.6 is 11.3 Å².